The van der Waals surface area contributed by atoms with Gasteiger partial charge in [0, 0.05) is 0 Å². The van der Waals surface area contributed by atoms with E-state index in [1.54, 1.807) is 6.08 Å². The van der Waals surface area contributed by atoms with Crippen molar-refractivity contribution in [3.63, 3.8) is 0 Å². The molecular weight excluding hydrogens is 231 g/mol. The molecule has 0 saturated carbocycles. The molecule has 17 heavy (non-hydrogen) atoms. The Morgan fingerprint density at radius 2 is 1.82 bits per heavy atom. The molecule has 1 heterocycles. The van der Waals surface area contributed by atoms with Crippen LogP contribution >= 0.6 is 0 Å². The van der Waals surface area contributed by atoms with E-state index in [1.165, 1.54) is 0 Å². The summed E-state index contributed by atoms with van der Waals surface area (Å²) in [6, 6.07) is 1.02. The number of rotatable bonds is 2. The summed E-state index contributed by atoms with van der Waals surface area (Å²) in [6.07, 6.45) is 3.49. The van der Waals surface area contributed by atoms with E-state index in [1.807, 2.05) is 0 Å². The zero-order valence-electron chi connectivity index (χ0n) is 9.05. The molecule has 1 aromatic rings. The van der Waals surface area contributed by atoms with E-state index in [4.69, 9.17) is 10.5 Å². The molecule has 5 heteroatoms. The normalized spacial score (nSPS) is 17.3. The third kappa shape index (κ3) is 2.44. The molecule has 1 aliphatic rings. The second-order valence-electron chi connectivity index (χ2n) is 3.87. The lowest BCUT2D eigenvalue weighted by molar-refractivity contribution is 0.175. The molecule has 0 bridgehead atoms. The second kappa shape index (κ2) is 4.79. The van der Waals surface area contributed by atoms with Crippen LogP contribution in [-0.4, -0.2) is 6.61 Å². The zero-order chi connectivity index (χ0) is 12.4. The van der Waals surface area contributed by atoms with Crippen molar-refractivity contribution < 1.29 is 17.9 Å². The standard InChI is InChI=1S/C12H12F3NO/c13-8-5-7(6-9(14)11(8)15)12(16)10-3-1-2-4-17-10/h3,5-6,12H,1-2,4,16H2. The predicted molar refractivity (Wildman–Crippen MR) is 56.5 cm³/mol. The number of hydrogen-bond acceptors (Lipinski definition) is 2. The van der Waals surface area contributed by atoms with Crippen molar-refractivity contribution in [1.82, 2.24) is 0 Å². The summed E-state index contributed by atoms with van der Waals surface area (Å²) in [4.78, 5) is 0. The third-order valence-corrected chi connectivity index (χ3v) is 2.63. The molecule has 1 aliphatic heterocycles. The van der Waals surface area contributed by atoms with Gasteiger partial charge in [-0.25, -0.2) is 13.2 Å². The molecule has 1 aromatic carbocycles. The van der Waals surface area contributed by atoms with Crippen molar-refractivity contribution in [3.8, 4) is 0 Å². The molecule has 0 saturated heterocycles. The summed E-state index contributed by atoms with van der Waals surface area (Å²) >= 11 is 0. The first kappa shape index (κ1) is 12.0. The monoisotopic (exact) mass is 243 g/mol. The maximum Gasteiger partial charge on any atom is 0.194 e. The average molecular weight is 243 g/mol. The summed E-state index contributed by atoms with van der Waals surface area (Å²) in [7, 11) is 0. The quantitative estimate of drug-likeness (QED) is 0.810. The number of nitrogens with two attached hydrogens (primary N) is 1. The number of halogens is 3. The molecule has 2 nitrogen and oxygen atoms in total. The third-order valence-electron chi connectivity index (χ3n) is 2.63. The van der Waals surface area contributed by atoms with Gasteiger partial charge in [-0.15, -0.1) is 0 Å². The average Bonchev–Trinajstić information content (AvgIpc) is 2.35. The van der Waals surface area contributed by atoms with Crippen LogP contribution in [0.1, 0.15) is 24.4 Å². The second-order valence-corrected chi connectivity index (χ2v) is 3.87. The van der Waals surface area contributed by atoms with E-state index in [-0.39, 0.29) is 5.56 Å². The predicted octanol–water partition coefficient (Wildman–Crippen LogP) is 2.80. The van der Waals surface area contributed by atoms with Gasteiger partial charge in [0.1, 0.15) is 5.76 Å². The van der Waals surface area contributed by atoms with Gasteiger partial charge >= 0.3 is 0 Å². The van der Waals surface area contributed by atoms with Crippen molar-refractivity contribution in [2.45, 2.75) is 18.9 Å². The summed E-state index contributed by atoms with van der Waals surface area (Å²) in [5, 5.41) is 0. The van der Waals surface area contributed by atoms with E-state index in [9.17, 15) is 13.2 Å². The molecule has 2 N–H and O–H groups in total. The van der Waals surface area contributed by atoms with Gasteiger partial charge in [0.15, 0.2) is 17.5 Å². The van der Waals surface area contributed by atoms with Gasteiger partial charge in [0.25, 0.3) is 0 Å². The Labute approximate surface area is 96.9 Å². The fourth-order valence-corrected chi connectivity index (χ4v) is 1.71. The Morgan fingerprint density at radius 3 is 2.35 bits per heavy atom. The van der Waals surface area contributed by atoms with E-state index < -0.39 is 23.5 Å². The van der Waals surface area contributed by atoms with E-state index in [0.29, 0.717) is 12.4 Å². The van der Waals surface area contributed by atoms with Gasteiger partial charge in [-0.1, -0.05) is 0 Å². The van der Waals surface area contributed by atoms with Crippen LogP contribution in [0.15, 0.2) is 24.0 Å². The minimum Gasteiger partial charge on any atom is -0.496 e. The molecule has 0 aromatic heterocycles. The highest BCUT2D eigenvalue weighted by Gasteiger charge is 2.19. The molecule has 0 aliphatic carbocycles. The highest BCUT2D eigenvalue weighted by Crippen LogP contribution is 2.26. The number of hydrogen-bond donors (Lipinski definition) is 1. The van der Waals surface area contributed by atoms with E-state index >= 15 is 0 Å². The fraction of sp³-hybridized carbons (Fsp3) is 0.333. The Kier molecular flexibility index (Phi) is 3.38. The van der Waals surface area contributed by atoms with Crippen LogP contribution in [0.5, 0.6) is 0 Å². The lowest BCUT2D eigenvalue weighted by atomic mass is 10.0. The van der Waals surface area contributed by atoms with Crippen molar-refractivity contribution in [2.75, 3.05) is 6.61 Å². The molecule has 0 fully saturated rings. The van der Waals surface area contributed by atoms with Gasteiger partial charge in [-0.2, -0.15) is 0 Å². The first-order valence-corrected chi connectivity index (χ1v) is 5.32. The summed E-state index contributed by atoms with van der Waals surface area (Å²) < 4.78 is 44.2. The van der Waals surface area contributed by atoms with E-state index in [0.717, 1.165) is 25.0 Å². The first-order valence-electron chi connectivity index (χ1n) is 5.32. The van der Waals surface area contributed by atoms with E-state index in [2.05, 4.69) is 0 Å². The van der Waals surface area contributed by atoms with Crippen LogP contribution in [0.2, 0.25) is 0 Å². The zero-order valence-corrected chi connectivity index (χ0v) is 9.05. The number of ether oxygens (including phenoxy) is 1. The van der Waals surface area contributed by atoms with Gasteiger partial charge < -0.3 is 10.5 Å². The number of benzene rings is 1. The molecule has 0 spiro atoms. The number of allylic oxidation sites excluding steroid dienone is 1. The topological polar surface area (TPSA) is 35.2 Å². The maximum absolute atomic E-state index is 13.0. The Morgan fingerprint density at radius 1 is 1.18 bits per heavy atom. The highest BCUT2D eigenvalue weighted by molar-refractivity contribution is 5.27. The molecule has 0 radical (unpaired) electrons. The highest BCUT2D eigenvalue weighted by atomic mass is 19.2. The summed E-state index contributed by atoms with van der Waals surface area (Å²) in [5.74, 6) is -3.50. The lowest BCUT2D eigenvalue weighted by Gasteiger charge is -2.21. The van der Waals surface area contributed by atoms with Crippen LogP contribution in [0.25, 0.3) is 0 Å². The van der Waals surface area contributed by atoms with Gasteiger partial charge in [0.05, 0.1) is 12.6 Å². The van der Waals surface area contributed by atoms with Crippen LogP contribution in [0.4, 0.5) is 13.2 Å². The Hall–Kier alpha value is -1.49. The molecule has 1 unspecified atom stereocenters. The first-order chi connectivity index (χ1) is 8.09. The van der Waals surface area contributed by atoms with Crippen molar-refractivity contribution >= 4 is 0 Å². The summed E-state index contributed by atoms with van der Waals surface area (Å²) in [5.41, 5.74) is 5.97. The maximum atomic E-state index is 13.0. The smallest absolute Gasteiger partial charge is 0.194 e. The molecule has 92 valence electrons. The minimum absolute atomic E-state index is 0.162. The van der Waals surface area contributed by atoms with Gasteiger partial charge in [-0.05, 0) is 36.6 Å². The summed E-state index contributed by atoms with van der Waals surface area (Å²) in [6.45, 7) is 0.533. The lowest BCUT2D eigenvalue weighted by Crippen LogP contribution is -2.18. The molecule has 2 rings (SSSR count). The molecular formula is C12H12F3NO. The van der Waals surface area contributed by atoms with Crippen molar-refractivity contribution in [1.29, 1.82) is 0 Å². The Bertz CT molecular complexity index is 436. The van der Waals surface area contributed by atoms with Crippen molar-refractivity contribution in [2.24, 2.45) is 5.73 Å². The largest absolute Gasteiger partial charge is 0.496 e. The van der Waals surface area contributed by atoms with Crippen LogP contribution < -0.4 is 5.73 Å². The van der Waals surface area contributed by atoms with Crippen LogP contribution in [0.3, 0.4) is 0 Å². The minimum atomic E-state index is -1.49. The van der Waals surface area contributed by atoms with Gasteiger partial charge in [0.2, 0.25) is 0 Å². The SMILES string of the molecule is NC(C1=CCCCO1)c1cc(F)c(F)c(F)c1. The van der Waals surface area contributed by atoms with Crippen LogP contribution in [-0.2, 0) is 4.74 Å². The van der Waals surface area contributed by atoms with Crippen LogP contribution in [0, 0.1) is 17.5 Å². The molecule has 1 atom stereocenters. The van der Waals surface area contributed by atoms with Crippen molar-refractivity contribution in [3.05, 3.63) is 47.0 Å². The Balaban J connectivity index is 2.30. The molecule has 0 amide bonds. The van der Waals surface area contributed by atoms with Gasteiger partial charge in [-0.3, -0.25) is 0 Å². The fourth-order valence-electron chi connectivity index (χ4n) is 1.71.